The fourth-order valence-electron chi connectivity index (χ4n) is 1.89. The van der Waals surface area contributed by atoms with Crippen LogP contribution in [0.15, 0.2) is 29.3 Å². The largest absolute Gasteiger partial charge is 0.311 e. The van der Waals surface area contributed by atoms with E-state index >= 15 is 0 Å². The molecule has 0 bridgehead atoms. The van der Waals surface area contributed by atoms with Gasteiger partial charge in [0.05, 0.1) is 0 Å². The normalized spacial score (nSPS) is 10.6. The third-order valence-electron chi connectivity index (χ3n) is 2.87. The van der Waals surface area contributed by atoms with Crippen molar-refractivity contribution in [3.63, 3.8) is 0 Å². The number of nitrogens with zero attached hydrogens (tertiary/aromatic N) is 3. The molecule has 0 aliphatic rings. The molecule has 0 unspecified atom stereocenters. The van der Waals surface area contributed by atoms with E-state index < -0.39 is 0 Å². The van der Waals surface area contributed by atoms with Gasteiger partial charge in [0.25, 0.3) is 5.56 Å². The zero-order valence-electron chi connectivity index (χ0n) is 11.0. The van der Waals surface area contributed by atoms with E-state index in [-0.39, 0.29) is 5.56 Å². The summed E-state index contributed by atoms with van der Waals surface area (Å²) in [5, 5.41) is 0. The van der Waals surface area contributed by atoms with Crippen molar-refractivity contribution in [1.82, 2.24) is 14.2 Å². The predicted octanol–water partition coefficient (Wildman–Crippen LogP) is 1.95. The number of hydrogen-bond donors (Lipinski definition) is 1. The fraction of sp³-hybridized carbons (Fsp3) is 0.385. The number of nitrogens with one attached hydrogen (secondary N) is 1. The van der Waals surface area contributed by atoms with Gasteiger partial charge < -0.3 is 4.57 Å². The van der Waals surface area contributed by atoms with Crippen LogP contribution in [0.2, 0.25) is 0 Å². The Kier molecular flexibility index (Phi) is 3.50. The number of aromatic nitrogens is 3. The summed E-state index contributed by atoms with van der Waals surface area (Å²) in [5.74, 6) is 0.355. The minimum absolute atomic E-state index is 0.0909. The van der Waals surface area contributed by atoms with Gasteiger partial charge in [-0.25, -0.2) is 4.98 Å². The third-order valence-corrected chi connectivity index (χ3v) is 2.87. The van der Waals surface area contributed by atoms with Crippen molar-refractivity contribution < 1.29 is 0 Å². The Bertz CT molecular complexity index is 578. The highest BCUT2D eigenvalue weighted by Crippen LogP contribution is 2.06. The molecule has 5 heteroatoms. The maximum atomic E-state index is 12.1. The molecule has 2 aromatic heterocycles. The van der Waals surface area contributed by atoms with Crippen molar-refractivity contribution in [1.29, 1.82) is 0 Å². The molecular formula is C13H18N4O. The summed E-state index contributed by atoms with van der Waals surface area (Å²) in [5.41, 5.74) is 5.05. The highest BCUT2D eigenvalue weighted by Gasteiger charge is 2.07. The summed E-state index contributed by atoms with van der Waals surface area (Å²) in [6.45, 7) is 6.71. The van der Waals surface area contributed by atoms with Crippen molar-refractivity contribution >= 4 is 5.82 Å². The minimum atomic E-state index is -0.0909. The highest BCUT2D eigenvalue weighted by atomic mass is 16.1. The molecule has 0 saturated heterocycles. The molecule has 2 aromatic rings. The summed E-state index contributed by atoms with van der Waals surface area (Å²) in [6, 6.07) is 3.99. The third kappa shape index (κ3) is 2.30. The summed E-state index contributed by atoms with van der Waals surface area (Å²) in [4.78, 5) is 16.2. The molecule has 0 radical (unpaired) electrons. The molecule has 96 valence electrons. The number of rotatable bonds is 4. The summed E-state index contributed by atoms with van der Waals surface area (Å²) >= 11 is 0. The van der Waals surface area contributed by atoms with E-state index in [1.54, 1.807) is 17.0 Å². The van der Waals surface area contributed by atoms with Crippen LogP contribution in [-0.4, -0.2) is 14.2 Å². The van der Waals surface area contributed by atoms with Gasteiger partial charge >= 0.3 is 0 Å². The molecule has 0 aromatic carbocycles. The lowest BCUT2D eigenvalue weighted by atomic mass is 10.4. The first-order chi connectivity index (χ1) is 8.63. The van der Waals surface area contributed by atoms with Gasteiger partial charge in [-0.05, 0) is 32.4 Å². The van der Waals surface area contributed by atoms with Crippen molar-refractivity contribution in [3.8, 4) is 0 Å². The van der Waals surface area contributed by atoms with Crippen molar-refractivity contribution in [3.05, 3.63) is 46.3 Å². The van der Waals surface area contributed by atoms with Gasteiger partial charge in [-0.1, -0.05) is 6.92 Å². The highest BCUT2D eigenvalue weighted by molar-refractivity contribution is 5.33. The van der Waals surface area contributed by atoms with Crippen LogP contribution in [0.4, 0.5) is 5.82 Å². The van der Waals surface area contributed by atoms with Crippen molar-refractivity contribution in [2.45, 2.75) is 33.7 Å². The Labute approximate surface area is 106 Å². The predicted molar refractivity (Wildman–Crippen MR) is 71.7 cm³/mol. The van der Waals surface area contributed by atoms with E-state index in [4.69, 9.17) is 0 Å². The van der Waals surface area contributed by atoms with E-state index in [1.165, 1.54) is 0 Å². The second-order valence-electron chi connectivity index (χ2n) is 4.34. The van der Waals surface area contributed by atoms with Gasteiger partial charge in [0.2, 0.25) is 5.82 Å². The summed E-state index contributed by atoms with van der Waals surface area (Å²) < 4.78 is 3.53. The first-order valence-electron chi connectivity index (χ1n) is 6.11. The smallest absolute Gasteiger partial charge is 0.295 e. The van der Waals surface area contributed by atoms with Crippen LogP contribution in [0.25, 0.3) is 0 Å². The van der Waals surface area contributed by atoms with Crippen LogP contribution >= 0.6 is 0 Å². The molecule has 0 saturated carbocycles. The molecular weight excluding hydrogens is 228 g/mol. The molecule has 0 aliphatic heterocycles. The lowest BCUT2D eigenvalue weighted by Crippen LogP contribution is -2.27. The fourth-order valence-corrected chi connectivity index (χ4v) is 1.89. The molecule has 2 rings (SSSR count). The quantitative estimate of drug-likeness (QED) is 0.897. The van der Waals surface area contributed by atoms with Crippen LogP contribution in [0.5, 0.6) is 0 Å². The van der Waals surface area contributed by atoms with Gasteiger partial charge in [-0.3, -0.25) is 14.9 Å². The monoisotopic (exact) mass is 246 g/mol. The van der Waals surface area contributed by atoms with Crippen LogP contribution < -0.4 is 11.0 Å². The van der Waals surface area contributed by atoms with E-state index in [9.17, 15) is 4.79 Å². The molecule has 0 amide bonds. The van der Waals surface area contributed by atoms with Crippen molar-refractivity contribution in [2.75, 3.05) is 5.43 Å². The van der Waals surface area contributed by atoms with E-state index in [0.29, 0.717) is 12.4 Å². The maximum Gasteiger partial charge on any atom is 0.295 e. The standard InChI is InChI=1S/C13H18N4O/c1-4-8-16-9-7-14-12(13(16)18)15-17-10(2)5-6-11(17)3/h5-7,9H,4,8H2,1-3H3,(H,14,15). The van der Waals surface area contributed by atoms with Crippen LogP contribution in [0, 0.1) is 13.8 Å². The number of aryl methyl sites for hydroxylation is 3. The van der Waals surface area contributed by atoms with Gasteiger partial charge in [0, 0.05) is 30.3 Å². The summed E-state index contributed by atoms with van der Waals surface area (Å²) in [7, 11) is 0. The lowest BCUT2D eigenvalue weighted by Gasteiger charge is -2.12. The lowest BCUT2D eigenvalue weighted by molar-refractivity contribution is 0.647. The Balaban J connectivity index is 2.35. The molecule has 0 spiro atoms. The first-order valence-corrected chi connectivity index (χ1v) is 6.11. The molecule has 0 aliphatic carbocycles. The van der Waals surface area contributed by atoms with Gasteiger partial charge in [-0.2, -0.15) is 0 Å². The average Bonchev–Trinajstić information content (AvgIpc) is 2.66. The number of anilines is 1. The van der Waals surface area contributed by atoms with Gasteiger partial charge in [0.1, 0.15) is 0 Å². The van der Waals surface area contributed by atoms with E-state index in [1.807, 2.05) is 37.6 Å². The average molecular weight is 246 g/mol. The topological polar surface area (TPSA) is 51.9 Å². The molecule has 5 nitrogen and oxygen atoms in total. The number of hydrogen-bond acceptors (Lipinski definition) is 3. The maximum absolute atomic E-state index is 12.1. The van der Waals surface area contributed by atoms with Gasteiger partial charge in [0.15, 0.2) is 0 Å². The zero-order valence-corrected chi connectivity index (χ0v) is 11.0. The molecule has 0 fully saturated rings. The Morgan fingerprint density at radius 1 is 1.28 bits per heavy atom. The minimum Gasteiger partial charge on any atom is -0.311 e. The molecule has 0 atom stereocenters. The van der Waals surface area contributed by atoms with E-state index in [0.717, 1.165) is 17.8 Å². The molecule has 18 heavy (non-hydrogen) atoms. The first kappa shape index (κ1) is 12.4. The molecule has 1 N–H and O–H groups in total. The SMILES string of the molecule is CCCn1ccnc(Nn2c(C)ccc2C)c1=O. The second-order valence-corrected chi connectivity index (χ2v) is 4.34. The van der Waals surface area contributed by atoms with Gasteiger partial charge in [-0.15, -0.1) is 0 Å². The summed E-state index contributed by atoms with van der Waals surface area (Å²) in [6.07, 6.45) is 4.28. The Hall–Kier alpha value is -2.04. The van der Waals surface area contributed by atoms with Crippen LogP contribution in [0.1, 0.15) is 24.7 Å². The van der Waals surface area contributed by atoms with Crippen LogP contribution in [-0.2, 0) is 6.54 Å². The van der Waals surface area contributed by atoms with Crippen LogP contribution in [0.3, 0.4) is 0 Å². The van der Waals surface area contributed by atoms with E-state index in [2.05, 4.69) is 10.4 Å². The second kappa shape index (κ2) is 5.08. The van der Waals surface area contributed by atoms with Crippen molar-refractivity contribution in [2.24, 2.45) is 0 Å². The Morgan fingerprint density at radius 3 is 2.56 bits per heavy atom. The zero-order chi connectivity index (χ0) is 13.1. The molecule has 2 heterocycles. The Morgan fingerprint density at radius 2 is 1.94 bits per heavy atom.